The maximum Gasteiger partial charge on any atom is 0.273 e. The van der Waals surface area contributed by atoms with Crippen molar-refractivity contribution in [2.24, 2.45) is 0 Å². The summed E-state index contributed by atoms with van der Waals surface area (Å²) in [6, 6.07) is 0. The molecule has 0 aromatic carbocycles. The molecule has 1 N–H and O–H groups in total. The van der Waals surface area contributed by atoms with Gasteiger partial charge in [-0.2, -0.15) is 0 Å². The number of carbonyl (C=O) groups is 1. The predicted molar refractivity (Wildman–Crippen MR) is 64.7 cm³/mol. The van der Waals surface area contributed by atoms with Gasteiger partial charge in [0.05, 0.1) is 0 Å². The molecule has 1 aliphatic rings. The van der Waals surface area contributed by atoms with Crippen LogP contribution in [-0.2, 0) is 0 Å². The van der Waals surface area contributed by atoms with Gasteiger partial charge in [-0.25, -0.2) is 0 Å². The van der Waals surface area contributed by atoms with E-state index in [1.807, 2.05) is 6.92 Å². The summed E-state index contributed by atoms with van der Waals surface area (Å²) >= 11 is 0. The summed E-state index contributed by atoms with van der Waals surface area (Å²) in [7, 11) is 0. The largest absolute Gasteiger partial charge is 0.364 e. The van der Waals surface area contributed by atoms with E-state index >= 15 is 0 Å². The molecule has 0 atom stereocenters. The van der Waals surface area contributed by atoms with Gasteiger partial charge in [-0.1, -0.05) is 16.8 Å². The molecule has 92 valence electrons. The normalized spacial score (nSPS) is 15.5. The molecule has 0 saturated carbocycles. The molecule has 1 aromatic heterocycles. The molecule has 0 radical (unpaired) electrons. The van der Waals surface area contributed by atoms with E-state index in [4.69, 9.17) is 4.52 Å². The number of aryl methyl sites for hydroxylation is 1. The first-order chi connectivity index (χ1) is 8.27. The van der Waals surface area contributed by atoms with E-state index in [-0.39, 0.29) is 5.91 Å². The highest BCUT2D eigenvalue weighted by Gasteiger charge is 2.12. The van der Waals surface area contributed by atoms with Crippen molar-refractivity contribution in [3.63, 3.8) is 0 Å². The third kappa shape index (κ3) is 3.19. The van der Waals surface area contributed by atoms with Crippen LogP contribution >= 0.6 is 0 Å². The minimum atomic E-state index is -0.146. The van der Waals surface area contributed by atoms with E-state index < -0.39 is 0 Å². The Balaban J connectivity index is 1.77. The number of hydrogen-bond donors (Lipinski definition) is 1. The van der Waals surface area contributed by atoms with Crippen molar-refractivity contribution in [1.29, 1.82) is 0 Å². The number of aromatic nitrogens is 1. The van der Waals surface area contributed by atoms with Crippen LogP contribution in [0.15, 0.2) is 22.4 Å². The van der Waals surface area contributed by atoms with Crippen molar-refractivity contribution < 1.29 is 9.32 Å². The fourth-order valence-electron chi connectivity index (χ4n) is 2.06. The fraction of sp³-hybridized carbons (Fsp3) is 0.538. The Morgan fingerprint density at radius 3 is 3.06 bits per heavy atom. The Bertz CT molecular complexity index is 421. The Kier molecular flexibility index (Phi) is 3.96. The molecular weight excluding hydrogens is 216 g/mol. The highest BCUT2D eigenvalue weighted by molar-refractivity contribution is 5.93. The van der Waals surface area contributed by atoms with E-state index in [1.165, 1.54) is 37.5 Å². The number of nitrogens with one attached hydrogen (secondary N) is 1. The molecule has 0 spiro atoms. The average molecular weight is 234 g/mol. The van der Waals surface area contributed by atoms with Crippen LogP contribution in [0, 0.1) is 6.92 Å². The number of carbonyl (C=O) groups excluding carboxylic acids is 1. The van der Waals surface area contributed by atoms with Crippen LogP contribution in [0.25, 0.3) is 0 Å². The van der Waals surface area contributed by atoms with Gasteiger partial charge in [0.25, 0.3) is 5.91 Å². The van der Waals surface area contributed by atoms with Crippen LogP contribution in [-0.4, -0.2) is 17.6 Å². The summed E-state index contributed by atoms with van der Waals surface area (Å²) in [4.78, 5) is 11.7. The van der Waals surface area contributed by atoms with Gasteiger partial charge in [0.1, 0.15) is 6.26 Å². The first-order valence-electron chi connectivity index (χ1n) is 6.14. The summed E-state index contributed by atoms with van der Waals surface area (Å²) < 4.78 is 4.74. The molecule has 1 heterocycles. The number of allylic oxidation sites excluding steroid dienone is 1. The van der Waals surface area contributed by atoms with Crippen LogP contribution in [0.5, 0.6) is 0 Å². The lowest BCUT2D eigenvalue weighted by Crippen LogP contribution is -2.25. The first-order valence-corrected chi connectivity index (χ1v) is 6.14. The van der Waals surface area contributed by atoms with Gasteiger partial charge in [-0.05, 0) is 39.0 Å². The van der Waals surface area contributed by atoms with Crippen molar-refractivity contribution >= 4 is 5.91 Å². The van der Waals surface area contributed by atoms with Crippen molar-refractivity contribution in [2.45, 2.75) is 39.0 Å². The lowest BCUT2D eigenvalue weighted by molar-refractivity contribution is 0.0944. The van der Waals surface area contributed by atoms with Gasteiger partial charge >= 0.3 is 0 Å². The molecule has 17 heavy (non-hydrogen) atoms. The Labute approximate surface area is 101 Å². The molecule has 0 unspecified atom stereocenters. The standard InChI is InChI=1S/C13H18N2O2/c1-10-9-17-15-12(10)13(16)14-8-7-11-5-3-2-4-6-11/h5,9H,2-4,6-8H2,1H3,(H,14,16). The zero-order valence-corrected chi connectivity index (χ0v) is 10.2. The van der Waals surface area contributed by atoms with Crippen LogP contribution in [0.4, 0.5) is 0 Å². The first kappa shape index (κ1) is 11.9. The zero-order valence-electron chi connectivity index (χ0n) is 10.2. The highest BCUT2D eigenvalue weighted by atomic mass is 16.5. The number of rotatable bonds is 4. The second kappa shape index (κ2) is 5.66. The predicted octanol–water partition coefficient (Wildman–Crippen LogP) is 2.60. The topological polar surface area (TPSA) is 55.1 Å². The molecule has 4 nitrogen and oxygen atoms in total. The lowest BCUT2D eigenvalue weighted by atomic mass is 9.97. The molecule has 4 heteroatoms. The molecule has 1 aliphatic carbocycles. The average Bonchev–Trinajstić information content (AvgIpc) is 2.77. The molecule has 0 aliphatic heterocycles. The molecule has 1 amide bonds. The maximum absolute atomic E-state index is 11.7. The molecule has 0 bridgehead atoms. The molecular formula is C13H18N2O2. The van der Waals surface area contributed by atoms with E-state index in [1.54, 1.807) is 0 Å². The quantitative estimate of drug-likeness (QED) is 0.815. The highest BCUT2D eigenvalue weighted by Crippen LogP contribution is 2.19. The summed E-state index contributed by atoms with van der Waals surface area (Å²) in [5.41, 5.74) is 2.63. The third-order valence-corrected chi connectivity index (χ3v) is 3.08. The van der Waals surface area contributed by atoms with Gasteiger partial charge in [0, 0.05) is 12.1 Å². The second-order valence-electron chi connectivity index (χ2n) is 4.46. The monoisotopic (exact) mass is 234 g/mol. The maximum atomic E-state index is 11.7. The van der Waals surface area contributed by atoms with Crippen molar-refractivity contribution in [3.8, 4) is 0 Å². The van der Waals surface area contributed by atoms with Gasteiger partial charge in [-0.3, -0.25) is 4.79 Å². The number of nitrogens with zero attached hydrogens (tertiary/aromatic N) is 1. The number of hydrogen-bond acceptors (Lipinski definition) is 3. The van der Waals surface area contributed by atoms with Crippen LogP contribution < -0.4 is 5.32 Å². The molecule has 0 saturated heterocycles. The lowest BCUT2D eigenvalue weighted by Gasteiger charge is -2.12. The van der Waals surface area contributed by atoms with Gasteiger partial charge in [0.2, 0.25) is 0 Å². The van der Waals surface area contributed by atoms with E-state index in [9.17, 15) is 4.79 Å². The van der Waals surface area contributed by atoms with E-state index in [2.05, 4.69) is 16.5 Å². The van der Waals surface area contributed by atoms with Crippen LogP contribution in [0.2, 0.25) is 0 Å². The molecule has 0 fully saturated rings. The zero-order chi connectivity index (χ0) is 12.1. The smallest absolute Gasteiger partial charge is 0.273 e. The minimum absolute atomic E-state index is 0.146. The van der Waals surface area contributed by atoms with Crippen LogP contribution in [0.1, 0.15) is 48.2 Å². The Hall–Kier alpha value is -1.58. The van der Waals surface area contributed by atoms with Crippen molar-refractivity contribution in [3.05, 3.63) is 29.2 Å². The summed E-state index contributed by atoms with van der Waals surface area (Å²) in [6.07, 6.45) is 9.68. The second-order valence-corrected chi connectivity index (χ2v) is 4.46. The van der Waals surface area contributed by atoms with Gasteiger partial charge in [-0.15, -0.1) is 0 Å². The summed E-state index contributed by atoms with van der Waals surface area (Å²) in [5.74, 6) is -0.146. The number of amides is 1. The van der Waals surface area contributed by atoms with E-state index in [0.29, 0.717) is 12.2 Å². The van der Waals surface area contributed by atoms with Gasteiger partial charge < -0.3 is 9.84 Å². The summed E-state index contributed by atoms with van der Waals surface area (Å²) in [6.45, 7) is 2.49. The molecule has 1 aromatic rings. The van der Waals surface area contributed by atoms with Gasteiger partial charge in [0.15, 0.2) is 5.69 Å². The SMILES string of the molecule is Cc1conc1C(=O)NCCC1=CCCCC1. The Morgan fingerprint density at radius 1 is 1.53 bits per heavy atom. The Morgan fingerprint density at radius 2 is 2.41 bits per heavy atom. The van der Waals surface area contributed by atoms with Crippen LogP contribution in [0.3, 0.4) is 0 Å². The van der Waals surface area contributed by atoms with E-state index in [0.717, 1.165) is 12.0 Å². The fourth-order valence-corrected chi connectivity index (χ4v) is 2.06. The summed E-state index contributed by atoms with van der Waals surface area (Å²) in [5, 5.41) is 6.55. The van der Waals surface area contributed by atoms with Crippen molar-refractivity contribution in [1.82, 2.24) is 10.5 Å². The third-order valence-electron chi connectivity index (χ3n) is 3.08. The minimum Gasteiger partial charge on any atom is -0.364 e. The molecule has 2 rings (SSSR count). The van der Waals surface area contributed by atoms with Crippen molar-refractivity contribution in [2.75, 3.05) is 6.54 Å².